The Hall–Kier alpha value is 1.87. The number of unbranched alkanes of at least 4 members (excludes halogenated alkanes) is 24. The Bertz CT molecular complexity index is 408. The summed E-state index contributed by atoms with van der Waals surface area (Å²) in [6, 6.07) is 0. The van der Waals surface area contributed by atoms with Gasteiger partial charge in [-0.3, -0.25) is 0 Å². The zero-order valence-corrected chi connectivity index (χ0v) is 33.0. The van der Waals surface area contributed by atoms with Gasteiger partial charge in [-0.15, -0.1) is 0 Å². The summed E-state index contributed by atoms with van der Waals surface area (Å²) in [5.74, 6) is 0. The van der Waals surface area contributed by atoms with Gasteiger partial charge in [0.05, 0.1) is 0 Å². The fourth-order valence-electron chi connectivity index (χ4n) is 5.96. The van der Waals surface area contributed by atoms with Crippen molar-refractivity contribution in [3.05, 3.63) is 0 Å². The van der Waals surface area contributed by atoms with E-state index in [9.17, 15) is 0 Å². The van der Waals surface area contributed by atoms with Crippen LogP contribution in [0, 0.1) is 0 Å². The van der Waals surface area contributed by atoms with E-state index in [-0.39, 0.29) is 0 Å². The summed E-state index contributed by atoms with van der Waals surface area (Å²) in [5, 5.41) is 0. The molecule has 0 bridgehead atoms. The van der Waals surface area contributed by atoms with Gasteiger partial charge in [0.15, 0.2) is 0 Å². The van der Waals surface area contributed by atoms with Crippen LogP contribution in [0.15, 0.2) is 0 Å². The fourth-order valence-corrected chi connectivity index (χ4v) is 22.6. The van der Waals surface area contributed by atoms with Gasteiger partial charge < -0.3 is 0 Å². The first-order valence-corrected chi connectivity index (χ1v) is 24.4. The van der Waals surface area contributed by atoms with Crippen LogP contribution in [0.1, 0.15) is 213 Å². The minimum atomic E-state index is -1.70. The SMILES string of the molecule is CCCCCCCCCCC[CH](S)[Sb]([CH](S)CCCCCCCCCCC)[CH](S)CCCCCCCCCCC. The molecule has 0 aromatic heterocycles. The molecule has 0 amide bonds. The summed E-state index contributed by atoms with van der Waals surface area (Å²) in [5.41, 5.74) is 0. The number of rotatable bonds is 33. The Morgan fingerprint density at radius 3 is 0.675 bits per heavy atom. The third kappa shape index (κ3) is 27.4. The Balaban J connectivity index is 4.40. The van der Waals surface area contributed by atoms with Crippen molar-refractivity contribution in [2.75, 3.05) is 0 Å². The van der Waals surface area contributed by atoms with Gasteiger partial charge in [-0.05, 0) is 0 Å². The number of hydrogen-bond donors (Lipinski definition) is 3. The van der Waals surface area contributed by atoms with Crippen LogP contribution >= 0.6 is 37.9 Å². The van der Waals surface area contributed by atoms with E-state index in [4.69, 9.17) is 37.9 Å². The Morgan fingerprint density at radius 1 is 0.300 bits per heavy atom. The van der Waals surface area contributed by atoms with Crippen molar-refractivity contribution in [3.63, 3.8) is 0 Å². The molecule has 0 fully saturated rings. The molecule has 0 aliphatic heterocycles. The molecule has 0 aromatic carbocycles. The van der Waals surface area contributed by atoms with Crippen molar-refractivity contribution in [1.82, 2.24) is 0 Å². The summed E-state index contributed by atoms with van der Waals surface area (Å²) in [6.07, 6.45) is 42.2. The van der Waals surface area contributed by atoms with Crippen LogP contribution in [0.2, 0.25) is 0 Å². The van der Waals surface area contributed by atoms with Gasteiger partial charge in [-0.2, -0.15) is 0 Å². The van der Waals surface area contributed by atoms with E-state index in [2.05, 4.69) is 20.8 Å². The first-order valence-electron chi connectivity index (χ1n) is 18.4. The minimum absolute atomic E-state index is 0.634. The van der Waals surface area contributed by atoms with Crippen LogP contribution in [-0.4, -0.2) is 29.8 Å². The fraction of sp³-hybridized carbons (Fsp3) is 1.00. The van der Waals surface area contributed by atoms with Gasteiger partial charge >= 0.3 is 281 Å². The van der Waals surface area contributed by atoms with Crippen molar-refractivity contribution in [3.8, 4) is 0 Å². The molecule has 242 valence electrons. The van der Waals surface area contributed by atoms with E-state index in [1.807, 2.05) is 0 Å². The molecule has 0 heterocycles. The van der Waals surface area contributed by atoms with Gasteiger partial charge in [-0.25, -0.2) is 0 Å². The predicted octanol–water partition coefficient (Wildman–Crippen LogP) is 13.8. The van der Waals surface area contributed by atoms with Crippen LogP contribution < -0.4 is 0 Å². The van der Waals surface area contributed by atoms with Crippen molar-refractivity contribution in [1.29, 1.82) is 0 Å². The molecule has 4 heteroatoms. The van der Waals surface area contributed by atoms with Crippen molar-refractivity contribution < 1.29 is 0 Å². The van der Waals surface area contributed by atoms with E-state index < -0.39 is 20.2 Å². The predicted molar refractivity (Wildman–Crippen MR) is 200 cm³/mol. The van der Waals surface area contributed by atoms with Crippen LogP contribution in [0.5, 0.6) is 0 Å². The molecular weight excluding hydrogens is 650 g/mol. The first kappa shape index (κ1) is 41.9. The standard InChI is InChI=1S/3C12H25S.Sb/c3*1-2-3-4-5-6-7-8-9-10-11-12-13;/h3*12-13H,2-11H2,1H3;. The van der Waals surface area contributed by atoms with Crippen LogP contribution in [-0.2, 0) is 0 Å². The second-order valence-corrected chi connectivity index (χ2v) is 26.1. The molecule has 0 N–H and O–H groups in total. The Kier molecular flexibility index (Phi) is 35.3. The Labute approximate surface area is 279 Å². The second kappa shape index (κ2) is 33.8. The molecule has 0 radical (unpaired) electrons. The van der Waals surface area contributed by atoms with Gasteiger partial charge in [0.25, 0.3) is 0 Å². The molecule has 3 unspecified atom stereocenters. The zero-order chi connectivity index (χ0) is 29.5. The van der Waals surface area contributed by atoms with Gasteiger partial charge in [0.2, 0.25) is 0 Å². The third-order valence-corrected chi connectivity index (χ3v) is 23.0. The van der Waals surface area contributed by atoms with Crippen molar-refractivity contribution in [2.45, 2.75) is 223 Å². The molecule has 0 rings (SSSR count). The van der Waals surface area contributed by atoms with Crippen molar-refractivity contribution in [2.24, 2.45) is 0 Å². The number of hydrogen-bond acceptors (Lipinski definition) is 3. The average Bonchev–Trinajstić information content (AvgIpc) is 2.94. The van der Waals surface area contributed by atoms with Crippen molar-refractivity contribution >= 4 is 58.1 Å². The van der Waals surface area contributed by atoms with Gasteiger partial charge in [0.1, 0.15) is 0 Å². The van der Waals surface area contributed by atoms with E-state index in [1.165, 1.54) is 193 Å². The summed E-state index contributed by atoms with van der Waals surface area (Å²) >= 11 is 14.2. The molecule has 0 saturated heterocycles. The maximum absolute atomic E-state index is 5.31. The summed E-state index contributed by atoms with van der Waals surface area (Å²) in [4.78, 5) is 0. The second-order valence-electron chi connectivity index (χ2n) is 12.7. The van der Waals surface area contributed by atoms with E-state index in [0.717, 1.165) is 0 Å². The Morgan fingerprint density at radius 2 is 0.475 bits per heavy atom. The van der Waals surface area contributed by atoms with E-state index >= 15 is 0 Å². The van der Waals surface area contributed by atoms with Crippen LogP contribution in [0.25, 0.3) is 0 Å². The van der Waals surface area contributed by atoms with Gasteiger partial charge in [0, 0.05) is 0 Å². The monoisotopic (exact) mass is 724 g/mol. The van der Waals surface area contributed by atoms with Crippen LogP contribution in [0.3, 0.4) is 0 Å². The zero-order valence-electron chi connectivity index (χ0n) is 27.7. The molecule has 3 atom stereocenters. The summed E-state index contributed by atoms with van der Waals surface area (Å²) in [6.45, 7) is 6.93. The normalized spacial score (nSPS) is 14.2. The first-order chi connectivity index (χ1) is 19.6. The average molecular weight is 726 g/mol. The van der Waals surface area contributed by atoms with E-state index in [0.29, 0.717) is 9.59 Å². The number of thiol groups is 3. The molecule has 0 aliphatic carbocycles. The molecule has 0 spiro atoms. The van der Waals surface area contributed by atoms with Gasteiger partial charge in [-0.1, -0.05) is 0 Å². The molecule has 0 nitrogen and oxygen atoms in total. The molecule has 0 aromatic rings. The molecule has 40 heavy (non-hydrogen) atoms. The van der Waals surface area contributed by atoms with E-state index in [1.54, 1.807) is 0 Å². The molecule has 0 aliphatic rings. The van der Waals surface area contributed by atoms with Crippen LogP contribution in [0.4, 0.5) is 0 Å². The molecular formula is C36H75S3Sb. The topological polar surface area (TPSA) is 0 Å². The third-order valence-electron chi connectivity index (χ3n) is 8.73. The summed E-state index contributed by atoms with van der Waals surface area (Å²) < 4.78 is 1.90. The quantitative estimate of drug-likeness (QED) is 0.0335. The maximum atomic E-state index is 5.31. The summed E-state index contributed by atoms with van der Waals surface area (Å²) in [7, 11) is 0. The molecule has 0 saturated carbocycles.